The molecule has 0 spiro atoms. The number of nitrogens with one attached hydrogen (secondary N) is 1. The Kier molecular flexibility index (Phi) is 10.6. The van der Waals surface area contributed by atoms with Crippen molar-refractivity contribution in [1.82, 2.24) is 10.2 Å². The Morgan fingerprint density at radius 3 is 2.11 bits per heavy atom. The molecule has 2 rings (SSSR count). The minimum atomic E-state index is -3.78. The van der Waals surface area contributed by atoms with Crippen LogP contribution in [0, 0.1) is 0 Å². The second-order valence-electron chi connectivity index (χ2n) is 8.45. The molecule has 2 aromatic rings. The minimum absolute atomic E-state index is 0.0402. The summed E-state index contributed by atoms with van der Waals surface area (Å²) in [6, 6.07) is 15.1. The lowest BCUT2D eigenvalue weighted by molar-refractivity contribution is -0.140. The van der Waals surface area contributed by atoms with Crippen LogP contribution in [0.4, 0.5) is 5.69 Å². The predicted octanol–water partition coefficient (Wildman–Crippen LogP) is 3.57. The Labute approximate surface area is 209 Å². The smallest absolute Gasteiger partial charge is 0.244 e. The first-order valence-corrected chi connectivity index (χ1v) is 13.8. The molecular weight excluding hydrogens is 466 g/mol. The predicted molar refractivity (Wildman–Crippen MR) is 139 cm³/mol. The standard InChI is InChI=1S/C26H37N3O5S/c1-6-20(4)27-26(31)24(7-2)28(18-21-12-10-9-11-13-21)25(30)19-29(35(5,32)33)22-14-16-23(17-15-22)34-8-3/h9-17,20,24H,6-8,18-19H2,1-5H3,(H,27,31)/t20-,24-/m1/s1. The average Bonchev–Trinajstić information content (AvgIpc) is 2.83. The lowest BCUT2D eigenvalue weighted by atomic mass is 10.1. The van der Waals surface area contributed by atoms with Crippen molar-refractivity contribution in [2.24, 2.45) is 0 Å². The number of hydrogen-bond acceptors (Lipinski definition) is 5. The van der Waals surface area contributed by atoms with Gasteiger partial charge in [-0.2, -0.15) is 0 Å². The molecule has 0 aliphatic carbocycles. The highest BCUT2D eigenvalue weighted by Crippen LogP contribution is 2.23. The number of benzene rings is 2. The summed E-state index contributed by atoms with van der Waals surface area (Å²) in [4.78, 5) is 28.2. The van der Waals surface area contributed by atoms with Gasteiger partial charge in [-0.1, -0.05) is 44.2 Å². The third-order valence-corrected chi connectivity index (χ3v) is 6.84. The van der Waals surface area contributed by atoms with Gasteiger partial charge in [0.2, 0.25) is 21.8 Å². The number of nitrogens with zero attached hydrogens (tertiary/aromatic N) is 2. The summed E-state index contributed by atoms with van der Waals surface area (Å²) in [6.07, 6.45) is 2.21. The second-order valence-corrected chi connectivity index (χ2v) is 10.4. The Hall–Kier alpha value is -3.07. The van der Waals surface area contributed by atoms with Crippen LogP contribution in [0.2, 0.25) is 0 Å². The van der Waals surface area contributed by atoms with Crippen molar-refractivity contribution < 1.29 is 22.7 Å². The van der Waals surface area contributed by atoms with Crippen LogP contribution in [0.15, 0.2) is 54.6 Å². The van der Waals surface area contributed by atoms with Crippen molar-refractivity contribution in [3.8, 4) is 5.75 Å². The molecule has 0 aliphatic rings. The normalized spacial score (nSPS) is 12.9. The van der Waals surface area contributed by atoms with E-state index in [9.17, 15) is 18.0 Å². The number of sulfonamides is 1. The largest absolute Gasteiger partial charge is 0.494 e. The highest BCUT2D eigenvalue weighted by Gasteiger charge is 2.32. The lowest BCUT2D eigenvalue weighted by Crippen LogP contribution is -2.53. The zero-order valence-corrected chi connectivity index (χ0v) is 22.0. The first-order chi connectivity index (χ1) is 16.6. The third-order valence-electron chi connectivity index (χ3n) is 5.70. The van der Waals surface area contributed by atoms with E-state index in [-0.39, 0.29) is 18.5 Å². The molecule has 0 unspecified atom stereocenters. The van der Waals surface area contributed by atoms with Gasteiger partial charge >= 0.3 is 0 Å². The van der Waals surface area contributed by atoms with Crippen LogP contribution in [0.25, 0.3) is 0 Å². The number of ether oxygens (including phenoxy) is 1. The molecule has 0 aliphatic heterocycles. The molecule has 2 atom stereocenters. The van der Waals surface area contributed by atoms with Gasteiger partial charge in [-0.15, -0.1) is 0 Å². The molecule has 0 saturated heterocycles. The van der Waals surface area contributed by atoms with Crippen molar-refractivity contribution in [3.63, 3.8) is 0 Å². The molecule has 9 heteroatoms. The van der Waals surface area contributed by atoms with E-state index in [1.54, 1.807) is 24.3 Å². The number of hydrogen-bond donors (Lipinski definition) is 1. The summed E-state index contributed by atoms with van der Waals surface area (Å²) in [5.74, 6) is -0.105. The number of amides is 2. The van der Waals surface area contributed by atoms with Gasteiger partial charge in [0.1, 0.15) is 18.3 Å². The van der Waals surface area contributed by atoms with E-state index in [0.717, 1.165) is 22.5 Å². The average molecular weight is 504 g/mol. The molecule has 0 radical (unpaired) electrons. The monoisotopic (exact) mass is 503 g/mol. The van der Waals surface area contributed by atoms with Gasteiger partial charge in [-0.3, -0.25) is 13.9 Å². The van der Waals surface area contributed by atoms with Crippen molar-refractivity contribution in [2.45, 2.75) is 59.2 Å². The molecule has 0 fully saturated rings. The molecule has 0 bridgehead atoms. The van der Waals surface area contributed by atoms with Crippen LogP contribution in [-0.4, -0.2) is 56.6 Å². The molecule has 35 heavy (non-hydrogen) atoms. The van der Waals surface area contributed by atoms with Gasteiger partial charge in [0.05, 0.1) is 18.6 Å². The van der Waals surface area contributed by atoms with Gasteiger partial charge in [0.15, 0.2) is 0 Å². The van der Waals surface area contributed by atoms with Gasteiger partial charge in [-0.05, 0) is 56.5 Å². The number of carbonyl (C=O) groups is 2. The fraction of sp³-hybridized carbons (Fsp3) is 0.462. The molecule has 2 amide bonds. The summed E-state index contributed by atoms with van der Waals surface area (Å²) in [7, 11) is -3.78. The molecule has 2 aromatic carbocycles. The summed E-state index contributed by atoms with van der Waals surface area (Å²) in [5, 5.41) is 2.96. The van der Waals surface area contributed by atoms with Crippen molar-refractivity contribution in [3.05, 3.63) is 60.2 Å². The van der Waals surface area contributed by atoms with E-state index in [1.165, 1.54) is 4.90 Å². The summed E-state index contributed by atoms with van der Waals surface area (Å²) < 4.78 is 31.8. The third kappa shape index (κ3) is 8.28. The molecular formula is C26H37N3O5S. The topological polar surface area (TPSA) is 96.0 Å². The first kappa shape index (κ1) is 28.2. The highest BCUT2D eigenvalue weighted by molar-refractivity contribution is 7.92. The van der Waals surface area contributed by atoms with Crippen LogP contribution in [0.5, 0.6) is 5.75 Å². The Morgan fingerprint density at radius 2 is 1.60 bits per heavy atom. The van der Waals surface area contributed by atoms with Crippen LogP contribution < -0.4 is 14.4 Å². The van der Waals surface area contributed by atoms with E-state index in [4.69, 9.17) is 4.74 Å². The Morgan fingerprint density at radius 1 is 0.971 bits per heavy atom. The maximum atomic E-state index is 13.6. The van der Waals surface area contributed by atoms with Gasteiger partial charge < -0.3 is 15.0 Å². The van der Waals surface area contributed by atoms with Crippen molar-refractivity contribution in [1.29, 1.82) is 0 Å². The zero-order valence-electron chi connectivity index (χ0n) is 21.2. The molecule has 0 saturated carbocycles. The fourth-order valence-electron chi connectivity index (χ4n) is 3.63. The number of carbonyl (C=O) groups excluding carboxylic acids is 2. The molecule has 192 valence electrons. The SMILES string of the molecule is CCOc1ccc(N(CC(=O)N(Cc2ccccc2)[C@H](CC)C(=O)N[C@H](C)CC)S(C)(=O)=O)cc1. The lowest BCUT2D eigenvalue weighted by Gasteiger charge is -2.33. The molecule has 0 aromatic heterocycles. The minimum Gasteiger partial charge on any atom is -0.494 e. The molecule has 1 N–H and O–H groups in total. The highest BCUT2D eigenvalue weighted by atomic mass is 32.2. The van der Waals surface area contributed by atoms with E-state index in [2.05, 4.69) is 5.32 Å². The number of anilines is 1. The van der Waals surface area contributed by atoms with Crippen molar-refractivity contribution >= 4 is 27.5 Å². The van der Waals surface area contributed by atoms with E-state index in [1.807, 2.05) is 58.0 Å². The van der Waals surface area contributed by atoms with Gasteiger partial charge in [-0.25, -0.2) is 8.42 Å². The van der Waals surface area contributed by atoms with E-state index in [0.29, 0.717) is 24.5 Å². The quantitative estimate of drug-likeness (QED) is 0.451. The molecule has 8 nitrogen and oxygen atoms in total. The number of rotatable bonds is 13. The summed E-state index contributed by atoms with van der Waals surface area (Å²) in [5.41, 5.74) is 1.20. The Balaban J connectivity index is 2.39. The Bertz CT molecular complexity index is 1060. The van der Waals surface area contributed by atoms with Crippen LogP contribution >= 0.6 is 0 Å². The van der Waals surface area contributed by atoms with Crippen LogP contribution in [0.1, 0.15) is 46.1 Å². The van der Waals surface area contributed by atoms with Gasteiger partial charge in [0, 0.05) is 12.6 Å². The summed E-state index contributed by atoms with van der Waals surface area (Å²) >= 11 is 0. The first-order valence-electron chi connectivity index (χ1n) is 11.9. The maximum Gasteiger partial charge on any atom is 0.244 e. The summed E-state index contributed by atoms with van der Waals surface area (Å²) in [6.45, 7) is 7.83. The fourth-order valence-corrected chi connectivity index (χ4v) is 4.48. The van der Waals surface area contributed by atoms with Crippen molar-refractivity contribution in [2.75, 3.05) is 23.7 Å². The zero-order chi connectivity index (χ0) is 26.0. The van der Waals surface area contributed by atoms with Gasteiger partial charge in [0.25, 0.3) is 0 Å². The van der Waals surface area contributed by atoms with Crippen LogP contribution in [0.3, 0.4) is 0 Å². The second kappa shape index (κ2) is 13.1. The van der Waals surface area contributed by atoms with E-state index >= 15 is 0 Å². The van der Waals surface area contributed by atoms with Crippen LogP contribution in [-0.2, 0) is 26.2 Å². The molecule has 0 heterocycles. The van der Waals surface area contributed by atoms with E-state index < -0.39 is 28.5 Å². The maximum absolute atomic E-state index is 13.6.